The zero-order valence-electron chi connectivity index (χ0n) is 14.9. The van der Waals surface area contributed by atoms with Crippen LogP contribution in [0.5, 0.6) is 0 Å². The molecular weight excluding hydrogens is 371 g/mol. The maximum Gasteiger partial charge on any atom is 0.255 e. The zero-order chi connectivity index (χ0) is 19.4. The van der Waals surface area contributed by atoms with Crippen LogP contribution in [0.1, 0.15) is 28.8 Å². The lowest BCUT2D eigenvalue weighted by molar-refractivity contribution is 0.102. The summed E-state index contributed by atoms with van der Waals surface area (Å²) in [6.07, 6.45) is 1.67. The Hall–Kier alpha value is -2.29. The summed E-state index contributed by atoms with van der Waals surface area (Å²) in [7, 11) is -3.67. The average molecular weight is 392 g/mol. The van der Waals surface area contributed by atoms with Gasteiger partial charge in [0.15, 0.2) is 0 Å². The molecule has 8 heteroatoms. The minimum atomic E-state index is -3.67. The summed E-state index contributed by atoms with van der Waals surface area (Å²) >= 11 is 0. The van der Waals surface area contributed by atoms with Gasteiger partial charge >= 0.3 is 0 Å². The van der Waals surface area contributed by atoms with Gasteiger partial charge in [0, 0.05) is 24.4 Å². The molecule has 2 aromatic carbocycles. The SMILES string of the molecule is Cc1ccc(F)cc1NC(=O)c1ccc(S(=O)(=O)NCC2CCCO2)cc1. The Balaban J connectivity index is 1.66. The predicted octanol–water partition coefficient (Wildman–Crippen LogP) is 2.84. The molecule has 1 aliphatic heterocycles. The number of ether oxygens (including phenoxy) is 1. The van der Waals surface area contributed by atoms with Crippen LogP contribution in [0.3, 0.4) is 0 Å². The van der Waals surface area contributed by atoms with Crippen LogP contribution < -0.4 is 10.0 Å². The number of aryl methyl sites for hydroxylation is 1. The molecule has 1 amide bonds. The van der Waals surface area contributed by atoms with Crippen molar-refractivity contribution in [1.29, 1.82) is 0 Å². The Labute approximate surface area is 157 Å². The van der Waals surface area contributed by atoms with Crippen LogP contribution >= 0.6 is 0 Å². The van der Waals surface area contributed by atoms with Crippen LogP contribution in [-0.4, -0.2) is 33.6 Å². The lowest BCUT2D eigenvalue weighted by atomic mass is 10.1. The molecule has 0 saturated carbocycles. The molecule has 1 aliphatic rings. The molecule has 0 spiro atoms. The van der Waals surface area contributed by atoms with E-state index in [1.54, 1.807) is 13.0 Å². The Morgan fingerprint density at radius 3 is 2.63 bits per heavy atom. The van der Waals surface area contributed by atoms with Gasteiger partial charge in [-0.05, 0) is 61.7 Å². The summed E-state index contributed by atoms with van der Waals surface area (Å²) in [6.45, 7) is 2.63. The van der Waals surface area contributed by atoms with Gasteiger partial charge in [0.2, 0.25) is 10.0 Å². The molecule has 2 N–H and O–H groups in total. The zero-order valence-corrected chi connectivity index (χ0v) is 15.7. The van der Waals surface area contributed by atoms with E-state index in [9.17, 15) is 17.6 Å². The Kier molecular flexibility index (Phi) is 5.88. The monoisotopic (exact) mass is 392 g/mol. The van der Waals surface area contributed by atoms with E-state index in [0.29, 0.717) is 12.3 Å². The Bertz CT molecular complexity index is 923. The molecular formula is C19H21FN2O4S. The van der Waals surface area contributed by atoms with Gasteiger partial charge in [-0.2, -0.15) is 0 Å². The quantitative estimate of drug-likeness (QED) is 0.792. The number of rotatable bonds is 6. The third-order valence-electron chi connectivity index (χ3n) is 4.40. The van der Waals surface area contributed by atoms with E-state index >= 15 is 0 Å². The van der Waals surface area contributed by atoms with Gasteiger partial charge in [0.1, 0.15) is 5.82 Å². The van der Waals surface area contributed by atoms with E-state index in [2.05, 4.69) is 10.0 Å². The van der Waals surface area contributed by atoms with Gasteiger partial charge < -0.3 is 10.1 Å². The topological polar surface area (TPSA) is 84.5 Å². The molecule has 27 heavy (non-hydrogen) atoms. The first-order chi connectivity index (χ1) is 12.8. The van der Waals surface area contributed by atoms with E-state index < -0.39 is 21.7 Å². The van der Waals surface area contributed by atoms with Crippen molar-refractivity contribution < 1.29 is 22.3 Å². The number of sulfonamides is 1. The van der Waals surface area contributed by atoms with Crippen molar-refractivity contribution in [3.05, 3.63) is 59.4 Å². The van der Waals surface area contributed by atoms with E-state index in [0.717, 1.165) is 18.4 Å². The van der Waals surface area contributed by atoms with E-state index in [1.807, 2.05) is 0 Å². The average Bonchev–Trinajstić information content (AvgIpc) is 3.17. The summed E-state index contributed by atoms with van der Waals surface area (Å²) in [4.78, 5) is 12.4. The van der Waals surface area contributed by atoms with Gasteiger partial charge in [0.25, 0.3) is 5.91 Å². The van der Waals surface area contributed by atoms with Crippen LogP contribution in [0.2, 0.25) is 0 Å². The van der Waals surface area contributed by atoms with Gasteiger partial charge in [-0.3, -0.25) is 4.79 Å². The number of carbonyl (C=O) groups is 1. The fourth-order valence-electron chi connectivity index (χ4n) is 2.80. The van der Waals surface area contributed by atoms with E-state index in [-0.39, 0.29) is 23.1 Å². The summed E-state index contributed by atoms with van der Waals surface area (Å²) in [5.41, 5.74) is 1.37. The van der Waals surface area contributed by atoms with Crippen molar-refractivity contribution in [2.24, 2.45) is 0 Å². The van der Waals surface area contributed by atoms with Crippen LogP contribution in [0.4, 0.5) is 10.1 Å². The van der Waals surface area contributed by atoms with Crippen molar-refractivity contribution in [2.45, 2.75) is 30.8 Å². The molecule has 0 aromatic heterocycles. The smallest absolute Gasteiger partial charge is 0.255 e. The number of hydrogen-bond donors (Lipinski definition) is 2. The molecule has 0 aliphatic carbocycles. The second-order valence-corrected chi connectivity index (χ2v) is 8.19. The molecule has 0 bridgehead atoms. The largest absolute Gasteiger partial charge is 0.377 e. The van der Waals surface area contributed by atoms with Gasteiger partial charge in [-0.25, -0.2) is 17.5 Å². The van der Waals surface area contributed by atoms with Crippen LogP contribution in [0.25, 0.3) is 0 Å². The number of benzene rings is 2. The second kappa shape index (κ2) is 8.16. The lowest BCUT2D eigenvalue weighted by Crippen LogP contribution is -2.31. The van der Waals surface area contributed by atoms with E-state index in [1.165, 1.54) is 36.4 Å². The highest BCUT2D eigenvalue weighted by Crippen LogP contribution is 2.18. The van der Waals surface area contributed by atoms with Gasteiger partial charge in [-0.15, -0.1) is 0 Å². The molecule has 144 valence electrons. The highest BCUT2D eigenvalue weighted by molar-refractivity contribution is 7.89. The molecule has 6 nitrogen and oxygen atoms in total. The normalized spacial score (nSPS) is 17.0. The lowest BCUT2D eigenvalue weighted by Gasteiger charge is -2.12. The molecule has 1 unspecified atom stereocenters. The molecule has 1 saturated heterocycles. The number of nitrogens with one attached hydrogen (secondary N) is 2. The summed E-state index contributed by atoms with van der Waals surface area (Å²) in [5, 5.41) is 2.63. The van der Waals surface area contributed by atoms with Crippen LogP contribution in [0.15, 0.2) is 47.4 Å². The maximum absolute atomic E-state index is 13.3. The molecule has 1 fully saturated rings. The second-order valence-electron chi connectivity index (χ2n) is 6.42. The van der Waals surface area contributed by atoms with Crippen molar-refractivity contribution in [1.82, 2.24) is 4.72 Å². The summed E-state index contributed by atoms with van der Waals surface area (Å²) in [6, 6.07) is 9.70. The van der Waals surface area contributed by atoms with Crippen LogP contribution in [0, 0.1) is 12.7 Å². The Morgan fingerprint density at radius 2 is 1.96 bits per heavy atom. The van der Waals surface area contributed by atoms with Gasteiger partial charge in [0.05, 0.1) is 11.0 Å². The van der Waals surface area contributed by atoms with Crippen molar-refractivity contribution in [3.63, 3.8) is 0 Å². The fourth-order valence-corrected chi connectivity index (χ4v) is 3.87. The van der Waals surface area contributed by atoms with Crippen molar-refractivity contribution in [3.8, 4) is 0 Å². The molecule has 3 rings (SSSR count). The standard InChI is InChI=1S/C19H21FN2O4S/c1-13-4-7-15(20)11-18(13)22-19(23)14-5-8-17(9-6-14)27(24,25)21-12-16-3-2-10-26-16/h4-9,11,16,21H,2-3,10,12H2,1H3,(H,22,23). The first-order valence-corrected chi connectivity index (χ1v) is 10.1. The maximum atomic E-state index is 13.3. The van der Waals surface area contributed by atoms with Crippen LogP contribution in [-0.2, 0) is 14.8 Å². The molecule has 0 radical (unpaired) electrons. The molecule has 1 heterocycles. The van der Waals surface area contributed by atoms with Crippen molar-refractivity contribution in [2.75, 3.05) is 18.5 Å². The molecule has 2 aromatic rings. The minimum Gasteiger partial charge on any atom is -0.377 e. The number of carbonyl (C=O) groups excluding carboxylic acids is 1. The highest BCUT2D eigenvalue weighted by atomic mass is 32.2. The van der Waals surface area contributed by atoms with E-state index in [4.69, 9.17) is 4.74 Å². The number of amides is 1. The third-order valence-corrected chi connectivity index (χ3v) is 5.84. The van der Waals surface area contributed by atoms with Crippen molar-refractivity contribution >= 4 is 21.6 Å². The number of halogens is 1. The first kappa shape index (κ1) is 19.5. The molecule has 1 atom stereocenters. The Morgan fingerprint density at radius 1 is 1.22 bits per heavy atom. The highest BCUT2D eigenvalue weighted by Gasteiger charge is 2.20. The predicted molar refractivity (Wildman–Crippen MR) is 99.7 cm³/mol. The summed E-state index contributed by atoms with van der Waals surface area (Å²) in [5.74, 6) is -0.894. The number of hydrogen-bond acceptors (Lipinski definition) is 4. The fraction of sp³-hybridized carbons (Fsp3) is 0.316. The first-order valence-electron chi connectivity index (χ1n) is 8.64. The summed E-state index contributed by atoms with van der Waals surface area (Å²) < 4.78 is 45.9. The third kappa shape index (κ3) is 4.91. The number of anilines is 1. The minimum absolute atomic E-state index is 0.0685. The van der Waals surface area contributed by atoms with Gasteiger partial charge in [-0.1, -0.05) is 6.07 Å².